The summed E-state index contributed by atoms with van der Waals surface area (Å²) in [4.78, 5) is 37.7. The van der Waals surface area contributed by atoms with Crippen molar-refractivity contribution in [2.75, 3.05) is 19.8 Å². The number of nitrogens with one attached hydrogen (secondary N) is 2. The van der Waals surface area contributed by atoms with Gasteiger partial charge in [0.1, 0.15) is 13.2 Å². The van der Waals surface area contributed by atoms with Crippen LogP contribution >= 0.6 is 0 Å². The Morgan fingerprint density at radius 2 is 1.92 bits per heavy atom. The van der Waals surface area contributed by atoms with Crippen molar-refractivity contribution in [3.8, 4) is 11.5 Å². The van der Waals surface area contributed by atoms with Crippen LogP contribution in [0.15, 0.2) is 23.0 Å². The van der Waals surface area contributed by atoms with Crippen LogP contribution in [0.3, 0.4) is 0 Å². The summed E-state index contributed by atoms with van der Waals surface area (Å²) in [5.74, 6) is -0.692. The number of pyridine rings is 1. The molecule has 0 atom stereocenters. The molecule has 2 heterocycles. The van der Waals surface area contributed by atoms with Crippen molar-refractivity contribution in [3.05, 3.63) is 34.1 Å². The highest BCUT2D eigenvalue weighted by atomic mass is 16.6. The molecule has 0 spiro atoms. The lowest BCUT2D eigenvalue weighted by Crippen LogP contribution is -2.33. The predicted molar refractivity (Wildman–Crippen MR) is 84.0 cm³/mol. The van der Waals surface area contributed by atoms with Crippen molar-refractivity contribution in [1.29, 1.82) is 0 Å². The number of rotatable bonds is 3. The van der Waals surface area contributed by atoms with Gasteiger partial charge in [-0.05, 0) is 19.1 Å². The number of hydrogen-bond acceptors (Lipinski definition) is 6. The molecular formula is C16H16N2O6. The minimum absolute atomic E-state index is 0.0859. The Morgan fingerprint density at radius 1 is 1.21 bits per heavy atom. The van der Waals surface area contributed by atoms with E-state index in [0.29, 0.717) is 35.8 Å². The van der Waals surface area contributed by atoms with Gasteiger partial charge in [0.25, 0.3) is 5.56 Å². The molecule has 1 aromatic carbocycles. The number of carbonyl (C=O) groups is 2. The number of amides is 1. The normalized spacial score (nSPS) is 12.7. The van der Waals surface area contributed by atoms with E-state index in [2.05, 4.69) is 15.0 Å². The second-order valence-electron chi connectivity index (χ2n) is 5.11. The van der Waals surface area contributed by atoms with Crippen molar-refractivity contribution < 1.29 is 23.8 Å². The van der Waals surface area contributed by atoms with Gasteiger partial charge in [-0.2, -0.15) is 0 Å². The van der Waals surface area contributed by atoms with Gasteiger partial charge in [0.05, 0.1) is 12.1 Å². The summed E-state index contributed by atoms with van der Waals surface area (Å²) in [5.41, 5.74) is 0.560. The fourth-order valence-corrected chi connectivity index (χ4v) is 2.36. The summed E-state index contributed by atoms with van der Waals surface area (Å²) in [5, 5.41) is 3.10. The van der Waals surface area contributed by atoms with Crippen LogP contribution in [-0.2, 0) is 20.9 Å². The van der Waals surface area contributed by atoms with Crippen molar-refractivity contribution in [2.45, 2.75) is 13.5 Å². The molecule has 0 saturated heterocycles. The molecule has 126 valence electrons. The van der Waals surface area contributed by atoms with Crippen LogP contribution in [0.25, 0.3) is 10.9 Å². The van der Waals surface area contributed by atoms with Gasteiger partial charge in [-0.1, -0.05) is 0 Å². The third kappa shape index (κ3) is 3.17. The average Bonchev–Trinajstić information content (AvgIpc) is 2.58. The number of aromatic nitrogens is 1. The van der Waals surface area contributed by atoms with E-state index in [9.17, 15) is 14.4 Å². The van der Waals surface area contributed by atoms with Gasteiger partial charge in [0.2, 0.25) is 0 Å². The molecule has 1 aliphatic heterocycles. The number of hydrogen-bond donors (Lipinski definition) is 2. The van der Waals surface area contributed by atoms with Crippen LogP contribution in [0.5, 0.6) is 11.5 Å². The minimum atomic E-state index is -0.977. The average molecular weight is 332 g/mol. The fraction of sp³-hybridized carbons (Fsp3) is 0.312. The zero-order valence-corrected chi connectivity index (χ0v) is 13.0. The third-order valence-corrected chi connectivity index (χ3v) is 3.48. The Hall–Kier alpha value is -3.03. The second kappa shape index (κ2) is 6.61. The maximum Gasteiger partial charge on any atom is 0.396 e. The molecule has 2 aromatic rings. The molecule has 0 saturated carbocycles. The van der Waals surface area contributed by atoms with Crippen LogP contribution in [0.1, 0.15) is 12.5 Å². The SMILES string of the molecule is CCOC(=O)C(=O)NCc1cc2cc3c(cc2[nH]c1=O)OCCO3. The zero-order valence-electron chi connectivity index (χ0n) is 13.0. The maximum atomic E-state index is 12.1. The zero-order chi connectivity index (χ0) is 17.1. The van der Waals surface area contributed by atoms with E-state index < -0.39 is 11.9 Å². The smallest absolute Gasteiger partial charge is 0.396 e. The van der Waals surface area contributed by atoms with Crippen LogP contribution in [0.2, 0.25) is 0 Å². The van der Waals surface area contributed by atoms with Crippen LogP contribution in [0, 0.1) is 0 Å². The summed E-state index contributed by atoms with van der Waals surface area (Å²) in [6.07, 6.45) is 0. The van der Waals surface area contributed by atoms with Crippen molar-refractivity contribution in [1.82, 2.24) is 10.3 Å². The number of H-pyrrole nitrogens is 1. The van der Waals surface area contributed by atoms with E-state index in [1.165, 1.54) is 0 Å². The van der Waals surface area contributed by atoms with Gasteiger partial charge < -0.3 is 24.5 Å². The first kappa shape index (κ1) is 15.9. The topological polar surface area (TPSA) is 107 Å². The number of fused-ring (bicyclic) bond motifs is 2. The number of carbonyl (C=O) groups excluding carboxylic acids is 2. The van der Waals surface area contributed by atoms with Crippen molar-refractivity contribution in [2.24, 2.45) is 0 Å². The molecule has 8 heteroatoms. The Balaban J connectivity index is 1.83. The fourth-order valence-electron chi connectivity index (χ4n) is 2.36. The molecule has 0 fully saturated rings. The number of ether oxygens (including phenoxy) is 3. The van der Waals surface area contributed by atoms with E-state index in [4.69, 9.17) is 9.47 Å². The van der Waals surface area contributed by atoms with Gasteiger partial charge in [-0.25, -0.2) is 4.79 Å². The van der Waals surface area contributed by atoms with Gasteiger partial charge in [0, 0.05) is 23.6 Å². The lowest BCUT2D eigenvalue weighted by Gasteiger charge is -2.18. The van der Waals surface area contributed by atoms with Gasteiger partial charge >= 0.3 is 11.9 Å². The molecule has 0 unspecified atom stereocenters. The highest BCUT2D eigenvalue weighted by molar-refractivity contribution is 6.32. The first-order valence-corrected chi connectivity index (χ1v) is 7.49. The largest absolute Gasteiger partial charge is 0.486 e. The summed E-state index contributed by atoms with van der Waals surface area (Å²) < 4.78 is 15.6. The molecule has 3 rings (SSSR count). The molecule has 1 aliphatic rings. The Bertz CT molecular complexity index is 858. The summed E-state index contributed by atoms with van der Waals surface area (Å²) in [6, 6.07) is 5.10. The molecule has 2 N–H and O–H groups in total. The van der Waals surface area contributed by atoms with Gasteiger partial charge in [-0.3, -0.25) is 9.59 Å². The van der Waals surface area contributed by atoms with E-state index in [-0.39, 0.29) is 18.7 Å². The monoisotopic (exact) mass is 332 g/mol. The Kier molecular flexibility index (Phi) is 4.37. The molecular weight excluding hydrogens is 316 g/mol. The summed E-state index contributed by atoms with van der Waals surface area (Å²) in [6.45, 7) is 2.55. The molecule has 0 aliphatic carbocycles. The van der Waals surface area contributed by atoms with Crippen molar-refractivity contribution >= 4 is 22.8 Å². The molecule has 1 aromatic heterocycles. The second-order valence-corrected chi connectivity index (χ2v) is 5.11. The Labute approximate surface area is 136 Å². The van der Waals surface area contributed by atoms with E-state index in [1.54, 1.807) is 25.1 Å². The predicted octanol–water partition coefficient (Wildman–Crippen LogP) is 0.479. The van der Waals surface area contributed by atoms with Crippen LogP contribution in [0.4, 0.5) is 0 Å². The van der Waals surface area contributed by atoms with Gasteiger partial charge in [0.15, 0.2) is 11.5 Å². The summed E-state index contributed by atoms with van der Waals surface area (Å²) >= 11 is 0. The first-order chi connectivity index (χ1) is 11.6. The highest BCUT2D eigenvalue weighted by Gasteiger charge is 2.16. The van der Waals surface area contributed by atoms with Crippen molar-refractivity contribution in [3.63, 3.8) is 0 Å². The van der Waals surface area contributed by atoms with E-state index in [1.807, 2.05) is 0 Å². The minimum Gasteiger partial charge on any atom is -0.486 e. The first-order valence-electron chi connectivity index (χ1n) is 7.49. The number of esters is 1. The van der Waals surface area contributed by atoms with Crippen LogP contribution < -0.4 is 20.3 Å². The van der Waals surface area contributed by atoms with E-state index in [0.717, 1.165) is 5.39 Å². The van der Waals surface area contributed by atoms with Gasteiger partial charge in [-0.15, -0.1) is 0 Å². The molecule has 1 amide bonds. The molecule has 8 nitrogen and oxygen atoms in total. The Morgan fingerprint density at radius 3 is 2.62 bits per heavy atom. The maximum absolute atomic E-state index is 12.1. The lowest BCUT2D eigenvalue weighted by molar-refractivity contribution is -0.154. The van der Waals surface area contributed by atoms with Crippen LogP contribution in [-0.4, -0.2) is 36.7 Å². The standard InChI is InChI=1S/C16H16N2O6/c1-2-22-16(21)15(20)17-8-10-5-9-6-12-13(24-4-3-23-12)7-11(9)18-14(10)19/h5-7H,2-4,8H2,1H3,(H,17,20)(H,18,19). The quantitative estimate of drug-likeness (QED) is 0.625. The highest BCUT2D eigenvalue weighted by Crippen LogP contribution is 2.33. The molecule has 0 radical (unpaired) electrons. The molecule has 24 heavy (non-hydrogen) atoms. The summed E-state index contributed by atoms with van der Waals surface area (Å²) in [7, 11) is 0. The molecule has 0 bridgehead atoms. The number of benzene rings is 1. The number of aromatic amines is 1. The van der Waals surface area contributed by atoms with E-state index >= 15 is 0 Å². The third-order valence-electron chi connectivity index (χ3n) is 3.48. The lowest BCUT2D eigenvalue weighted by atomic mass is 10.1.